The van der Waals surface area contributed by atoms with Gasteiger partial charge in [-0.2, -0.15) is 4.31 Å². The van der Waals surface area contributed by atoms with Gasteiger partial charge < -0.3 is 15.3 Å². The molecule has 2 heterocycles. The molecule has 1 fully saturated rings. The topological polar surface area (TPSA) is 72.9 Å². The van der Waals surface area contributed by atoms with Crippen molar-refractivity contribution in [2.75, 3.05) is 37.8 Å². The van der Waals surface area contributed by atoms with E-state index in [1.54, 1.807) is 29.6 Å². The molecule has 0 saturated carbocycles. The molecule has 0 amide bonds. The molecule has 0 radical (unpaired) electrons. The number of nitrogens with zero attached hydrogens (tertiary/aromatic N) is 2. The number of aliphatic hydroxyl groups is 1. The summed E-state index contributed by atoms with van der Waals surface area (Å²) >= 11 is 1.17. The standard InChI is InChI=1S/C21H28F3N3O3S2/c1-15(2)25-12-18-13-26(32(29,30)19-4-3-11-31-19)9-10-27(18)17-7-5-16(6-8-17)21(28,14-22)20(23)24/h3-8,11,15,18,20,25,28H,9-10,12-14H2,1-2H3/t18-,21?/m0/s1. The zero-order valence-corrected chi connectivity index (χ0v) is 19.6. The van der Waals surface area contributed by atoms with Gasteiger partial charge in [0.1, 0.15) is 10.9 Å². The van der Waals surface area contributed by atoms with Gasteiger partial charge in [0.15, 0.2) is 5.60 Å². The number of hydrogen-bond acceptors (Lipinski definition) is 6. The number of rotatable bonds is 9. The normalized spacial score (nSPS) is 20.1. The first-order valence-corrected chi connectivity index (χ1v) is 12.6. The number of halogens is 3. The van der Waals surface area contributed by atoms with Gasteiger partial charge >= 0.3 is 0 Å². The third kappa shape index (κ3) is 5.12. The molecule has 32 heavy (non-hydrogen) atoms. The van der Waals surface area contributed by atoms with Crippen molar-refractivity contribution in [2.45, 2.75) is 42.2 Å². The van der Waals surface area contributed by atoms with Crippen molar-refractivity contribution in [2.24, 2.45) is 0 Å². The first-order chi connectivity index (χ1) is 15.1. The zero-order valence-electron chi connectivity index (χ0n) is 17.9. The number of nitrogens with one attached hydrogen (secondary N) is 1. The van der Waals surface area contributed by atoms with Gasteiger partial charge in [0, 0.05) is 37.9 Å². The number of sulfonamides is 1. The van der Waals surface area contributed by atoms with E-state index in [1.807, 2.05) is 18.7 Å². The van der Waals surface area contributed by atoms with Gasteiger partial charge in [-0.05, 0) is 29.1 Å². The van der Waals surface area contributed by atoms with Crippen LogP contribution in [0.4, 0.5) is 18.9 Å². The van der Waals surface area contributed by atoms with Crippen LogP contribution in [0.3, 0.4) is 0 Å². The Bertz CT molecular complexity index is 972. The summed E-state index contributed by atoms with van der Waals surface area (Å²) in [6, 6.07) is 8.97. The van der Waals surface area contributed by atoms with Crippen molar-refractivity contribution in [1.29, 1.82) is 0 Å². The van der Waals surface area contributed by atoms with Crippen LogP contribution in [-0.4, -0.2) is 69.2 Å². The molecule has 1 aliphatic rings. The van der Waals surface area contributed by atoms with E-state index in [0.717, 1.165) is 0 Å². The lowest BCUT2D eigenvalue weighted by molar-refractivity contribution is -0.114. The largest absolute Gasteiger partial charge is 0.377 e. The highest BCUT2D eigenvalue weighted by Gasteiger charge is 2.40. The number of alkyl halides is 3. The smallest absolute Gasteiger partial charge is 0.273 e. The fourth-order valence-electron chi connectivity index (χ4n) is 3.67. The molecule has 0 bridgehead atoms. The van der Waals surface area contributed by atoms with Gasteiger partial charge in [0.2, 0.25) is 0 Å². The minimum atomic E-state index is -3.60. The Morgan fingerprint density at radius 1 is 1.22 bits per heavy atom. The van der Waals surface area contributed by atoms with Crippen molar-refractivity contribution in [3.8, 4) is 0 Å². The monoisotopic (exact) mass is 491 g/mol. The maximum absolute atomic E-state index is 13.2. The van der Waals surface area contributed by atoms with Crippen LogP contribution < -0.4 is 10.2 Å². The van der Waals surface area contributed by atoms with E-state index in [1.165, 1.54) is 27.8 Å². The second-order valence-electron chi connectivity index (χ2n) is 8.11. The van der Waals surface area contributed by atoms with Crippen molar-refractivity contribution >= 4 is 27.0 Å². The van der Waals surface area contributed by atoms with Gasteiger partial charge in [-0.15, -0.1) is 11.3 Å². The van der Waals surface area contributed by atoms with Crippen LogP contribution in [0, 0.1) is 0 Å². The molecule has 2 aromatic rings. The van der Waals surface area contributed by atoms with Crippen LogP contribution in [-0.2, 0) is 15.6 Å². The van der Waals surface area contributed by atoms with Crippen molar-refractivity contribution in [3.63, 3.8) is 0 Å². The molecular formula is C21H28F3N3O3S2. The van der Waals surface area contributed by atoms with E-state index >= 15 is 0 Å². The Labute approximate surface area is 190 Å². The number of hydrogen-bond donors (Lipinski definition) is 2. The van der Waals surface area contributed by atoms with Crippen molar-refractivity contribution < 1.29 is 26.7 Å². The SMILES string of the molecule is CC(C)NC[C@H]1CN(S(=O)(=O)c2cccs2)CCN1c1ccc(C(O)(CF)C(F)F)cc1. The van der Waals surface area contributed by atoms with E-state index < -0.39 is 28.7 Å². The predicted molar refractivity (Wildman–Crippen MR) is 120 cm³/mol. The van der Waals surface area contributed by atoms with Gasteiger partial charge in [-0.25, -0.2) is 21.6 Å². The van der Waals surface area contributed by atoms with Crippen molar-refractivity contribution in [1.82, 2.24) is 9.62 Å². The summed E-state index contributed by atoms with van der Waals surface area (Å²) in [6.45, 7) is 3.83. The number of benzene rings is 1. The lowest BCUT2D eigenvalue weighted by atomic mass is 9.95. The molecule has 3 rings (SSSR count). The fraction of sp³-hybridized carbons (Fsp3) is 0.524. The second kappa shape index (κ2) is 10.1. The maximum atomic E-state index is 13.2. The summed E-state index contributed by atoms with van der Waals surface area (Å²) in [4.78, 5) is 2.01. The molecule has 6 nitrogen and oxygen atoms in total. The zero-order chi connectivity index (χ0) is 23.5. The summed E-state index contributed by atoms with van der Waals surface area (Å²) in [7, 11) is -3.60. The number of piperazine rings is 1. The van der Waals surface area contributed by atoms with Gasteiger partial charge in [-0.1, -0.05) is 32.0 Å². The van der Waals surface area contributed by atoms with E-state index in [4.69, 9.17) is 0 Å². The molecule has 0 aliphatic carbocycles. The molecule has 11 heteroatoms. The molecule has 1 saturated heterocycles. The van der Waals surface area contributed by atoms with Gasteiger partial charge in [-0.3, -0.25) is 0 Å². The van der Waals surface area contributed by atoms with Gasteiger partial charge in [0.05, 0.1) is 6.04 Å². The number of anilines is 1. The predicted octanol–water partition coefficient (Wildman–Crippen LogP) is 3.05. The molecule has 1 unspecified atom stereocenters. The average Bonchev–Trinajstić information content (AvgIpc) is 3.33. The Kier molecular flexibility index (Phi) is 7.87. The maximum Gasteiger partial charge on any atom is 0.273 e. The number of thiophene rings is 1. The van der Waals surface area contributed by atoms with E-state index in [9.17, 15) is 26.7 Å². The van der Waals surface area contributed by atoms with Crippen LogP contribution in [0.25, 0.3) is 0 Å². The third-order valence-electron chi connectivity index (χ3n) is 5.56. The molecule has 1 aromatic heterocycles. The van der Waals surface area contributed by atoms with E-state index in [-0.39, 0.29) is 30.7 Å². The lowest BCUT2D eigenvalue weighted by Gasteiger charge is -2.42. The Balaban J connectivity index is 1.84. The summed E-state index contributed by atoms with van der Waals surface area (Å²) in [5, 5.41) is 15.0. The summed E-state index contributed by atoms with van der Waals surface area (Å²) in [6.07, 6.45) is -3.26. The Morgan fingerprint density at radius 3 is 2.44 bits per heavy atom. The van der Waals surface area contributed by atoms with E-state index in [0.29, 0.717) is 23.0 Å². The fourth-order valence-corrected chi connectivity index (χ4v) is 6.28. The molecule has 2 atom stereocenters. The first kappa shape index (κ1) is 25.0. The minimum absolute atomic E-state index is 0.189. The first-order valence-electron chi connectivity index (χ1n) is 10.3. The molecular weight excluding hydrogens is 463 g/mol. The molecule has 178 valence electrons. The van der Waals surface area contributed by atoms with Crippen LogP contribution in [0.5, 0.6) is 0 Å². The second-order valence-corrected chi connectivity index (χ2v) is 11.2. The van der Waals surface area contributed by atoms with Gasteiger partial charge in [0.25, 0.3) is 16.4 Å². The molecule has 1 aromatic carbocycles. The molecule has 0 spiro atoms. The molecule has 2 N–H and O–H groups in total. The quantitative estimate of drug-likeness (QED) is 0.564. The van der Waals surface area contributed by atoms with E-state index in [2.05, 4.69) is 5.32 Å². The Hall–Kier alpha value is -1.66. The third-order valence-corrected chi connectivity index (χ3v) is 8.80. The minimum Gasteiger partial charge on any atom is -0.377 e. The summed E-state index contributed by atoms with van der Waals surface area (Å²) in [5.41, 5.74) is -2.35. The van der Waals surface area contributed by atoms with Crippen LogP contribution >= 0.6 is 11.3 Å². The Morgan fingerprint density at radius 2 is 1.91 bits per heavy atom. The summed E-state index contributed by atoms with van der Waals surface area (Å²) < 4.78 is 67.2. The van der Waals surface area contributed by atoms with Crippen molar-refractivity contribution in [3.05, 3.63) is 47.3 Å². The highest BCUT2D eigenvalue weighted by atomic mass is 32.2. The lowest BCUT2D eigenvalue weighted by Crippen LogP contribution is -2.58. The highest BCUT2D eigenvalue weighted by molar-refractivity contribution is 7.91. The molecule has 1 aliphatic heterocycles. The van der Waals surface area contributed by atoms with Crippen LogP contribution in [0.15, 0.2) is 46.0 Å². The average molecular weight is 492 g/mol. The van der Waals surface area contributed by atoms with Crippen LogP contribution in [0.2, 0.25) is 0 Å². The summed E-state index contributed by atoms with van der Waals surface area (Å²) in [5.74, 6) is 0. The highest BCUT2D eigenvalue weighted by Crippen LogP contribution is 2.32. The van der Waals surface area contributed by atoms with Crippen LogP contribution in [0.1, 0.15) is 19.4 Å².